The smallest absolute Gasteiger partial charge is 0.155 e. The van der Waals surface area contributed by atoms with Crippen LogP contribution >= 0.6 is 0 Å². The van der Waals surface area contributed by atoms with Crippen molar-refractivity contribution < 1.29 is 9.59 Å². The predicted molar refractivity (Wildman–Crippen MR) is 65.5 cm³/mol. The molecule has 3 unspecified atom stereocenters. The van der Waals surface area contributed by atoms with E-state index in [4.69, 9.17) is 0 Å². The van der Waals surface area contributed by atoms with Gasteiger partial charge in [-0.05, 0) is 55.9 Å². The van der Waals surface area contributed by atoms with Gasteiger partial charge in [0.05, 0.1) is 0 Å². The lowest BCUT2D eigenvalue weighted by Gasteiger charge is -2.36. The summed E-state index contributed by atoms with van der Waals surface area (Å²) in [7, 11) is 0. The molecule has 0 spiro atoms. The van der Waals surface area contributed by atoms with Crippen LogP contribution in [0.5, 0.6) is 0 Å². The van der Waals surface area contributed by atoms with E-state index >= 15 is 0 Å². The third-order valence-corrected chi connectivity index (χ3v) is 4.95. The molecule has 0 saturated heterocycles. The fourth-order valence-electron chi connectivity index (χ4n) is 3.95. The van der Waals surface area contributed by atoms with Gasteiger partial charge in [0.1, 0.15) is 5.78 Å². The number of Topliss-reactive ketones (excluding diaryl/α,β-unsaturated/α-hetero) is 1. The summed E-state index contributed by atoms with van der Waals surface area (Å²) in [4.78, 5) is 22.7. The Morgan fingerprint density at radius 1 is 0.941 bits per heavy atom. The molecule has 3 aliphatic rings. The number of allylic oxidation sites excluding steroid dienone is 2. The average molecular weight is 232 g/mol. The van der Waals surface area contributed by atoms with E-state index in [1.807, 2.05) is 6.08 Å². The topological polar surface area (TPSA) is 34.1 Å². The van der Waals surface area contributed by atoms with Crippen LogP contribution in [0.1, 0.15) is 51.4 Å². The van der Waals surface area contributed by atoms with Gasteiger partial charge in [0.25, 0.3) is 0 Å². The molecule has 0 N–H and O–H groups in total. The summed E-state index contributed by atoms with van der Waals surface area (Å²) in [6.07, 6.45) is 10.0. The highest BCUT2D eigenvalue weighted by Gasteiger charge is 2.35. The Hall–Kier alpha value is -0.920. The molecule has 0 amide bonds. The highest BCUT2D eigenvalue weighted by molar-refractivity contribution is 5.91. The molecule has 3 atom stereocenters. The van der Waals surface area contributed by atoms with Gasteiger partial charge in [0.15, 0.2) is 5.78 Å². The second-order valence-electron chi connectivity index (χ2n) is 6.00. The van der Waals surface area contributed by atoms with E-state index in [-0.39, 0.29) is 0 Å². The number of hydrogen-bond acceptors (Lipinski definition) is 2. The first-order valence-electron chi connectivity index (χ1n) is 6.97. The molecule has 0 aromatic carbocycles. The highest BCUT2D eigenvalue weighted by Crippen LogP contribution is 2.44. The largest absolute Gasteiger partial charge is 0.300 e. The summed E-state index contributed by atoms with van der Waals surface area (Å²) < 4.78 is 0. The maximum Gasteiger partial charge on any atom is 0.155 e. The third kappa shape index (κ3) is 2.22. The van der Waals surface area contributed by atoms with E-state index < -0.39 is 0 Å². The minimum Gasteiger partial charge on any atom is -0.300 e. The summed E-state index contributed by atoms with van der Waals surface area (Å²) >= 11 is 0. The Kier molecular flexibility index (Phi) is 2.89. The lowest BCUT2D eigenvalue weighted by atomic mass is 9.69. The van der Waals surface area contributed by atoms with Gasteiger partial charge in [0.2, 0.25) is 0 Å². The van der Waals surface area contributed by atoms with Crippen molar-refractivity contribution in [3.05, 3.63) is 11.6 Å². The van der Waals surface area contributed by atoms with Gasteiger partial charge < -0.3 is 0 Å². The molecule has 2 fully saturated rings. The summed E-state index contributed by atoms with van der Waals surface area (Å²) in [5, 5.41) is 0. The quantitative estimate of drug-likeness (QED) is 0.696. The van der Waals surface area contributed by atoms with Gasteiger partial charge in [0, 0.05) is 19.3 Å². The lowest BCUT2D eigenvalue weighted by molar-refractivity contribution is -0.117. The number of hydrogen-bond donors (Lipinski definition) is 0. The average Bonchev–Trinajstić information content (AvgIpc) is 2.75. The Morgan fingerprint density at radius 3 is 2.53 bits per heavy atom. The molecule has 17 heavy (non-hydrogen) atoms. The zero-order chi connectivity index (χ0) is 11.8. The van der Waals surface area contributed by atoms with Gasteiger partial charge in [-0.15, -0.1) is 0 Å². The molecular formula is C15H20O2. The number of fused-ring (bicyclic) bond motifs is 1. The van der Waals surface area contributed by atoms with E-state index in [0.717, 1.165) is 44.4 Å². The van der Waals surface area contributed by atoms with Crippen molar-refractivity contribution in [2.24, 2.45) is 17.8 Å². The standard InChI is InChI=1S/C15H20O2/c16-14-5-3-11-7-10(1-2-12(11)8-14)13-4-6-15(17)9-13/h8,10-11,13H,1-7,9H2. The van der Waals surface area contributed by atoms with Crippen molar-refractivity contribution in [3.8, 4) is 0 Å². The molecule has 2 heteroatoms. The molecule has 0 bridgehead atoms. The van der Waals surface area contributed by atoms with E-state index in [2.05, 4.69) is 0 Å². The summed E-state index contributed by atoms with van der Waals surface area (Å²) in [6, 6.07) is 0. The molecule has 0 aromatic rings. The predicted octanol–water partition coefficient (Wildman–Crippen LogP) is 3.06. The first-order chi connectivity index (χ1) is 8.22. The van der Waals surface area contributed by atoms with Gasteiger partial charge in [-0.2, -0.15) is 0 Å². The third-order valence-electron chi connectivity index (χ3n) is 4.95. The number of ketones is 2. The van der Waals surface area contributed by atoms with Crippen LogP contribution < -0.4 is 0 Å². The monoisotopic (exact) mass is 232 g/mol. The van der Waals surface area contributed by atoms with Crippen molar-refractivity contribution in [2.75, 3.05) is 0 Å². The van der Waals surface area contributed by atoms with E-state index in [1.54, 1.807) is 0 Å². The minimum absolute atomic E-state index is 0.325. The van der Waals surface area contributed by atoms with E-state index in [9.17, 15) is 9.59 Å². The van der Waals surface area contributed by atoms with Crippen LogP contribution in [-0.4, -0.2) is 11.6 Å². The molecule has 2 saturated carbocycles. The Labute approximate surface area is 102 Å². The van der Waals surface area contributed by atoms with Gasteiger partial charge >= 0.3 is 0 Å². The zero-order valence-corrected chi connectivity index (χ0v) is 10.3. The molecule has 0 radical (unpaired) electrons. The maximum absolute atomic E-state index is 11.4. The molecule has 0 heterocycles. The zero-order valence-electron chi connectivity index (χ0n) is 10.3. The van der Waals surface area contributed by atoms with Crippen LogP contribution in [0.2, 0.25) is 0 Å². The van der Waals surface area contributed by atoms with Crippen molar-refractivity contribution in [1.82, 2.24) is 0 Å². The highest BCUT2D eigenvalue weighted by atomic mass is 16.1. The molecule has 3 rings (SSSR count). The summed E-state index contributed by atoms with van der Waals surface area (Å²) in [6.45, 7) is 0. The van der Waals surface area contributed by atoms with Crippen molar-refractivity contribution >= 4 is 11.6 Å². The first kappa shape index (κ1) is 11.2. The second-order valence-corrected chi connectivity index (χ2v) is 6.00. The molecule has 2 nitrogen and oxygen atoms in total. The van der Waals surface area contributed by atoms with Crippen molar-refractivity contribution in [3.63, 3.8) is 0 Å². The van der Waals surface area contributed by atoms with Crippen LogP contribution in [0.3, 0.4) is 0 Å². The van der Waals surface area contributed by atoms with Gasteiger partial charge in [-0.25, -0.2) is 0 Å². The summed E-state index contributed by atoms with van der Waals surface area (Å²) in [5.74, 6) is 2.85. The van der Waals surface area contributed by atoms with Crippen molar-refractivity contribution in [2.45, 2.75) is 51.4 Å². The Balaban J connectivity index is 1.67. The van der Waals surface area contributed by atoms with Crippen LogP contribution in [0, 0.1) is 17.8 Å². The fourth-order valence-corrected chi connectivity index (χ4v) is 3.95. The Morgan fingerprint density at radius 2 is 1.76 bits per heavy atom. The normalized spacial score (nSPS) is 37.9. The van der Waals surface area contributed by atoms with E-state index in [1.165, 1.54) is 18.4 Å². The van der Waals surface area contributed by atoms with Gasteiger partial charge in [-0.1, -0.05) is 5.57 Å². The first-order valence-corrected chi connectivity index (χ1v) is 6.97. The summed E-state index contributed by atoms with van der Waals surface area (Å²) in [5.41, 5.74) is 1.40. The number of carbonyl (C=O) groups excluding carboxylic acids is 2. The van der Waals surface area contributed by atoms with Gasteiger partial charge in [-0.3, -0.25) is 9.59 Å². The minimum atomic E-state index is 0.325. The molecule has 92 valence electrons. The second kappa shape index (κ2) is 4.40. The maximum atomic E-state index is 11.4. The van der Waals surface area contributed by atoms with Crippen LogP contribution in [0.15, 0.2) is 11.6 Å². The van der Waals surface area contributed by atoms with Crippen LogP contribution in [0.4, 0.5) is 0 Å². The van der Waals surface area contributed by atoms with E-state index in [0.29, 0.717) is 23.4 Å². The number of rotatable bonds is 1. The fraction of sp³-hybridized carbons (Fsp3) is 0.733. The molecule has 0 aromatic heterocycles. The molecular weight excluding hydrogens is 212 g/mol. The van der Waals surface area contributed by atoms with Crippen LogP contribution in [-0.2, 0) is 9.59 Å². The van der Waals surface area contributed by atoms with Crippen LogP contribution in [0.25, 0.3) is 0 Å². The SMILES string of the molecule is O=C1C=C2CCC(C3CCC(=O)C3)CC2CC1. The molecule has 3 aliphatic carbocycles. The number of carbonyl (C=O) groups is 2. The van der Waals surface area contributed by atoms with Crippen molar-refractivity contribution in [1.29, 1.82) is 0 Å². The lowest BCUT2D eigenvalue weighted by Crippen LogP contribution is -2.26. The molecule has 0 aliphatic heterocycles. The Bertz CT molecular complexity index is 380.